The van der Waals surface area contributed by atoms with Gasteiger partial charge in [-0.05, 0) is 69.4 Å². The smallest absolute Gasteiger partial charge is 0.226 e. The number of benzene rings is 2. The SMILES string of the molecule is COc1ccccc1-c1cccc(CC2(C(=O)NC3CCN(C)CC3)CCOCC2)c1. The molecule has 0 aliphatic carbocycles. The van der Waals surface area contributed by atoms with Gasteiger partial charge in [-0.25, -0.2) is 0 Å². The van der Waals surface area contributed by atoms with Crippen molar-refractivity contribution in [1.29, 1.82) is 0 Å². The first-order valence-electron chi connectivity index (χ1n) is 11.4. The molecular formula is C26H34N2O3. The maximum atomic E-state index is 13.5. The fourth-order valence-corrected chi connectivity index (χ4v) is 4.86. The Hall–Kier alpha value is -2.37. The van der Waals surface area contributed by atoms with Gasteiger partial charge in [0.25, 0.3) is 0 Å². The zero-order valence-electron chi connectivity index (χ0n) is 18.7. The number of methoxy groups -OCH3 is 1. The van der Waals surface area contributed by atoms with Gasteiger partial charge in [0, 0.05) is 24.8 Å². The Morgan fingerprint density at radius 1 is 1.13 bits per heavy atom. The molecule has 166 valence electrons. The molecule has 0 atom stereocenters. The van der Waals surface area contributed by atoms with E-state index in [1.165, 1.54) is 5.56 Å². The summed E-state index contributed by atoms with van der Waals surface area (Å²) < 4.78 is 11.2. The van der Waals surface area contributed by atoms with E-state index in [0.29, 0.717) is 13.2 Å². The number of para-hydroxylation sites is 1. The van der Waals surface area contributed by atoms with E-state index < -0.39 is 5.41 Å². The molecule has 0 spiro atoms. The summed E-state index contributed by atoms with van der Waals surface area (Å²) in [4.78, 5) is 15.9. The highest BCUT2D eigenvalue weighted by atomic mass is 16.5. The number of nitrogens with zero attached hydrogens (tertiary/aromatic N) is 1. The average Bonchev–Trinajstić information content (AvgIpc) is 2.81. The van der Waals surface area contributed by atoms with E-state index >= 15 is 0 Å². The molecule has 2 aliphatic heterocycles. The molecule has 5 nitrogen and oxygen atoms in total. The van der Waals surface area contributed by atoms with Crippen LogP contribution in [0.15, 0.2) is 48.5 Å². The maximum absolute atomic E-state index is 13.5. The van der Waals surface area contributed by atoms with Crippen LogP contribution in [0.25, 0.3) is 11.1 Å². The molecule has 31 heavy (non-hydrogen) atoms. The summed E-state index contributed by atoms with van der Waals surface area (Å²) in [5, 5.41) is 3.39. The van der Waals surface area contributed by atoms with Crippen LogP contribution in [0.3, 0.4) is 0 Å². The molecule has 0 saturated carbocycles. The second kappa shape index (κ2) is 9.84. The van der Waals surface area contributed by atoms with Gasteiger partial charge in [-0.2, -0.15) is 0 Å². The normalized spacial score (nSPS) is 19.7. The van der Waals surface area contributed by atoms with Gasteiger partial charge < -0.3 is 19.7 Å². The molecule has 2 aromatic carbocycles. The van der Waals surface area contributed by atoms with Crippen molar-refractivity contribution in [3.05, 3.63) is 54.1 Å². The van der Waals surface area contributed by atoms with Crippen LogP contribution < -0.4 is 10.1 Å². The molecule has 2 aliphatic rings. The largest absolute Gasteiger partial charge is 0.496 e. The van der Waals surface area contributed by atoms with Gasteiger partial charge in [0.05, 0.1) is 12.5 Å². The highest BCUT2D eigenvalue weighted by molar-refractivity contribution is 5.83. The number of likely N-dealkylation sites (tertiary alicyclic amines) is 1. The third-order valence-electron chi connectivity index (χ3n) is 6.87. The lowest BCUT2D eigenvalue weighted by molar-refractivity contribution is -0.137. The average molecular weight is 423 g/mol. The number of carbonyl (C=O) groups is 1. The number of ether oxygens (including phenoxy) is 2. The van der Waals surface area contributed by atoms with Crippen molar-refractivity contribution in [2.75, 3.05) is 40.5 Å². The Kier molecular flexibility index (Phi) is 6.93. The second-order valence-electron chi connectivity index (χ2n) is 9.02. The highest BCUT2D eigenvalue weighted by Crippen LogP contribution is 2.37. The van der Waals surface area contributed by atoms with Gasteiger partial charge >= 0.3 is 0 Å². The molecule has 0 aromatic heterocycles. The van der Waals surface area contributed by atoms with Crippen LogP contribution in [0.5, 0.6) is 5.75 Å². The molecule has 1 amide bonds. The van der Waals surface area contributed by atoms with Crippen LogP contribution in [0.2, 0.25) is 0 Å². The third-order valence-corrected chi connectivity index (χ3v) is 6.87. The van der Waals surface area contributed by atoms with Crippen LogP contribution >= 0.6 is 0 Å². The minimum absolute atomic E-state index is 0.202. The zero-order chi connectivity index (χ0) is 21.7. The van der Waals surface area contributed by atoms with Gasteiger partial charge in [-0.3, -0.25) is 4.79 Å². The van der Waals surface area contributed by atoms with Gasteiger partial charge in [0.1, 0.15) is 5.75 Å². The predicted octanol–water partition coefficient (Wildman–Crippen LogP) is 3.91. The van der Waals surface area contributed by atoms with Crippen molar-refractivity contribution in [1.82, 2.24) is 10.2 Å². The van der Waals surface area contributed by atoms with Crippen LogP contribution in [-0.4, -0.2) is 57.3 Å². The van der Waals surface area contributed by atoms with Gasteiger partial charge in [0.15, 0.2) is 0 Å². The van der Waals surface area contributed by atoms with E-state index in [1.807, 2.05) is 18.2 Å². The van der Waals surface area contributed by atoms with Crippen LogP contribution in [0, 0.1) is 5.41 Å². The minimum Gasteiger partial charge on any atom is -0.496 e. The minimum atomic E-state index is -0.402. The third kappa shape index (κ3) is 5.10. The van der Waals surface area contributed by atoms with Crippen LogP contribution in [-0.2, 0) is 16.0 Å². The van der Waals surface area contributed by atoms with Crippen LogP contribution in [0.1, 0.15) is 31.2 Å². The van der Waals surface area contributed by atoms with E-state index in [0.717, 1.165) is 62.1 Å². The van der Waals surface area contributed by atoms with E-state index in [2.05, 4.69) is 47.6 Å². The van der Waals surface area contributed by atoms with Gasteiger partial charge in [-0.1, -0.05) is 42.5 Å². The zero-order valence-corrected chi connectivity index (χ0v) is 18.7. The number of amides is 1. The fraction of sp³-hybridized carbons (Fsp3) is 0.500. The highest BCUT2D eigenvalue weighted by Gasteiger charge is 2.41. The maximum Gasteiger partial charge on any atom is 0.226 e. The molecule has 2 aromatic rings. The van der Waals surface area contributed by atoms with Gasteiger partial charge in [0.2, 0.25) is 5.91 Å². The molecule has 4 rings (SSSR count). The lowest BCUT2D eigenvalue weighted by atomic mass is 9.74. The van der Waals surface area contributed by atoms with E-state index in [-0.39, 0.29) is 11.9 Å². The molecule has 2 saturated heterocycles. The number of hydrogen-bond acceptors (Lipinski definition) is 4. The standard InChI is InChI=1S/C26H34N2O3/c1-28-14-10-22(11-15-28)27-25(29)26(12-16-31-17-13-26)19-20-6-5-7-21(18-20)23-8-3-4-9-24(23)30-2/h3-9,18,22H,10-17,19H2,1-2H3,(H,27,29). The molecule has 2 fully saturated rings. The van der Waals surface area contributed by atoms with Crippen molar-refractivity contribution in [2.24, 2.45) is 5.41 Å². The summed E-state index contributed by atoms with van der Waals surface area (Å²) in [6.45, 7) is 3.38. The first kappa shape index (κ1) is 21.8. The van der Waals surface area contributed by atoms with E-state index in [4.69, 9.17) is 9.47 Å². The summed E-state index contributed by atoms with van der Waals surface area (Å²) >= 11 is 0. The summed E-state index contributed by atoms with van der Waals surface area (Å²) in [6.07, 6.45) is 4.32. The lowest BCUT2D eigenvalue weighted by Crippen LogP contribution is -2.51. The summed E-state index contributed by atoms with van der Waals surface area (Å²) in [5.74, 6) is 1.06. The molecule has 5 heteroatoms. The Morgan fingerprint density at radius 2 is 1.87 bits per heavy atom. The number of hydrogen-bond donors (Lipinski definition) is 1. The Morgan fingerprint density at radius 3 is 2.61 bits per heavy atom. The predicted molar refractivity (Wildman–Crippen MR) is 123 cm³/mol. The quantitative estimate of drug-likeness (QED) is 0.767. The summed E-state index contributed by atoms with van der Waals surface area (Å²) in [6, 6.07) is 16.9. The molecule has 0 bridgehead atoms. The van der Waals surface area contributed by atoms with Crippen molar-refractivity contribution in [2.45, 2.75) is 38.1 Å². The van der Waals surface area contributed by atoms with Crippen molar-refractivity contribution < 1.29 is 14.3 Å². The fourth-order valence-electron chi connectivity index (χ4n) is 4.86. The number of carbonyl (C=O) groups excluding carboxylic acids is 1. The first-order valence-corrected chi connectivity index (χ1v) is 11.4. The number of piperidine rings is 1. The Bertz CT molecular complexity index is 884. The number of rotatable bonds is 6. The summed E-state index contributed by atoms with van der Waals surface area (Å²) in [7, 11) is 3.85. The molecule has 1 N–H and O–H groups in total. The van der Waals surface area contributed by atoms with Gasteiger partial charge in [-0.15, -0.1) is 0 Å². The molecule has 0 unspecified atom stereocenters. The van der Waals surface area contributed by atoms with Crippen molar-refractivity contribution in [3.8, 4) is 16.9 Å². The Labute approximate surface area is 185 Å². The topological polar surface area (TPSA) is 50.8 Å². The lowest BCUT2D eigenvalue weighted by Gasteiger charge is -2.38. The summed E-state index contributed by atoms with van der Waals surface area (Å²) in [5.41, 5.74) is 2.97. The van der Waals surface area contributed by atoms with Crippen molar-refractivity contribution in [3.63, 3.8) is 0 Å². The molecular weight excluding hydrogens is 388 g/mol. The molecule has 0 radical (unpaired) electrons. The van der Waals surface area contributed by atoms with Crippen LogP contribution in [0.4, 0.5) is 0 Å². The monoisotopic (exact) mass is 422 g/mol. The Balaban J connectivity index is 1.55. The first-order chi connectivity index (χ1) is 15.1. The van der Waals surface area contributed by atoms with E-state index in [1.54, 1.807) is 7.11 Å². The van der Waals surface area contributed by atoms with Crippen molar-refractivity contribution >= 4 is 5.91 Å². The number of nitrogens with one attached hydrogen (secondary N) is 1. The molecule has 2 heterocycles. The van der Waals surface area contributed by atoms with E-state index in [9.17, 15) is 4.79 Å². The second-order valence-corrected chi connectivity index (χ2v) is 9.02.